The Morgan fingerprint density at radius 3 is 2.59 bits per heavy atom. The molecule has 0 bridgehead atoms. The molecule has 1 rings (SSSR count). The first-order valence-corrected chi connectivity index (χ1v) is 8.62. The third kappa shape index (κ3) is 4.36. The van der Waals surface area contributed by atoms with Crippen LogP contribution in [0.4, 0.5) is 0 Å². The molecule has 0 saturated carbocycles. The van der Waals surface area contributed by atoms with E-state index in [9.17, 15) is 0 Å². The van der Waals surface area contributed by atoms with Crippen molar-refractivity contribution >= 4 is 27.3 Å². The highest BCUT2D eigenvalue weighted by Crippen LogP contribution is 2.36. The predicted octanol–water partition coefficient (Wildman–Crippen LogP) is 5.37. The number of aromatic nitrogens is 1. The number of aryl methyl sites for hydroxylation is 2. The Labute approximate surface area is 118 Å². The van der Waals surface area contributed by atoms with Crippen LogP contribution in [0.2, 0.25) is 0 Å². The van der Waals surface area contributed by atoms with Crippen LogP contribution in [0.25, 0.3) is 0 Å². The molecule has 1 heterocycles. The topological polar surface area (TPSA) is 12.9 Å². The van der Waals surface area contributed by atoms with Gasteiger partial charge in [-0.05, 0) is 38.0 Å². The molecule has 1 aromatic rings. The van der Waals surface area contributed by atoms with Gasteiger partial charge in [-0.1, -0.05) is 42.6 Å². The van der Waals surface area contributed by atoms with Crippen molar-refractivity contribution in [3.63, 3.8) is 0 Å². The second-order valence-electron chi connectivity index (χ2n) is 4.95. The lowest BCUT2D eigenvalue weighted by Crippen LogP contribution is -2.22. The van der Waals surface area contributed by atoms with E-state index in [1.165, 1.54) is 49.1 Å². The van der Waals surface area contributed by atoms with Crippen LogP contribution in [0.15, 0.2) is 5.51 Å². The van der Waals surface area contributed by atoms with E-state index in [4.69, 9.17) is 0 Å². The lowest BCUT2D eigenvalue weighted by atomic mass is 9.78. The van der Waals surface area contributed by atoms with Gasteiger partial charge in [0.05, 0.1) is 11.2 Å². The van der Waals surface area contributed by atoms with Gasteiger partial charge in [-0.25, -0.2) is 4.98 Å². The zero-order valence-corrected chi connectivity index (χ0v) is 13.7. The lowest BCUT2D eigenvalue weighted by molar-refractivity contribution is 0.263. The number of thiazole rings is 1. The van der Waals surface area contributed by atoms with Gasteiger partial charge in [-0.3, -0.25) is 0 Å². The van der Waals surface area contributed by atoms with Crippen LogP contribution in [-0.2, 0) is 6.42 Å². The number of halogens is 1. The molecule has 1 unspecified atom stereocenters. The molecular weight excluding hydrogens is 294 g/mol. The van der Waals surface area contributed by atoms with E-state index in [0.717, 1.165) is 5.33 Å². The van der Waals surface area contributed by atoms with Gasteiger partial charge in [0.2, 0.25) is 0 Å². The smallest absolute Gasteiger partial charge is 0.0797 e. The summed E-state index contributed by atoms with van der Waals surface area (Å²) < 4.78 is 0. The van der Waals surface area contributed by atoms with E-state index in [2.05, 4.69) is 41.7 Å². The molecule has 0 aliphatic rings. The maximum absolute atomic E-state index is 4.34. The fraction of sp³-hybridized carbons (Fsp3) is 0.786. The molecule has 1 aromatic heterocycles. The highest BCUT2D eigenvalue weighted by Gasteiger charge is 2.26. The molecule has 1 nitrogen and oxygen atoms in total. The molecule has 17 heavy (non-hydrogen) atoms. The van der Waals surface area contributed by atoms with Crippen LogP contribution in [-0.4, -0.2) is 10.3 Å². The van der Waals surface area contributed by atoms with E-state index in [1.54, 1.807) is 0 Å². The minimum absolute atomic E-state index is 0.492. The van der Waals surface area contributed by atoms with Gasteiger partial charge in [-0.15, -0.1) is 11.3 Å². The molecule has 0 aromatic carbocycles. The summed E-state index contributed by atoms with van der Waals surface area (Å²) in [5.74, 6) is 0. The van der Waals surface area contributed by atoms with Crippen LogP contribution >= 0.6 is 27.3 Å². The first-order chi connectivity index (χ1) is 8.17. The van der Waals surface area contributed by atoms with Gasteiger partial charge in [0.25, 0.3) is 0 Å². The van der Waals surface area contributed by atoms with Gasteiger partial charge in [0.1, 0.15) is 0 Å². The predicted molar refractivity (Wildman–Crippen MR) is 81.2 cm³/mol. The SMILES string of the molecule is CCCCC(CC)(CBr)CCc1scnc1C. The van der Waals surface area contributed by atoms with Crippen molar-refractivity contribution in [1.82, 2.24) is 4.98 Å². The number of rotatable bonds is 8. The molecule has 0 fully saturated rings. The largest absolute Gasteiger partial charge is 0.250 e. The van der Waals surface area contributed by atoms with Crippen molar-refractivity contribution in [2.45, 2.75) is 59.3 Å². The Bertz CT molecular complexity index is 318. The summed E-state index contributed by atoms with van der Waals surface area (Å²) in [4.78, 5) is 5.81. The monoisotopic (exact) mass is 317 g/mol. The van der Waals surface area contributed by atoms with E-state index < -0.39 is 0 Å². The van der Waals surface area contributed by atoms with E-state index in [0.29, 0.717) is 5.41 Å². The lowest BCUT2D eigenvalue weighted by Gasteiger charge is -2.31. The number of unbranched alkanes of at least 4 members (excludes halogenated alkanes) is 1. The van der Waals surface area contributed by atoms with E-state index in [1.807, 2.05) is 16.8 Å². The van der Waals surface area contributed by atoms with Gasteiger partial charge < -0.3 is 0 Å². The molecule has 1 atom stereocenters. The van der Waals surface area contributed by atoms with Gasteiger partial charge in [0.15, 0.2) is 0 Å². The van der Waals surface area contributed by atoms with Crippen molar-refractivity contribution in [2.75, 3.05) is 5.33 Å². The molecule has 0 aliphatic heterocycles. The Morgan fingerprint density at radius 2 is 2.12 bits per heavy atom. The second-order valence-corrected chi connectivity index (χ2v) is 6.45. The molecular formula is C14H24BrNS. The zero-order chi connectivity index (χ0) is 12.7. The van der Waals surface area contributed by atoms with E-state index >= 15 is 0 Å². The number of nitrogens with zero attached hydrogens (tertiary/aromatic N) is 1. The van der Waals surface area contributed by atoms with Crippen LogP contribution in [0, 0.1) is 12.3 Å². The Kier molecular flexibility index (Phi) is 6.71. The second kappa shape index (κ2) is 7.52. The molecule has 0 radical (unpaired) electrons. The van der Waals surface area contributed by atoms with Gasteiger partial charge in [0, 0.05) is 10.2 Å². The first kappa shape index (κ1) is 15.2. The Balaban J connectivity index is 2.57. The van der Waals surface area contributed by atoms with Crippen molar-refractivity contribution in [3.8, 4) is 0 Å². The fourth-order valence-electron chi connectivity index (χ4n) is 2.20. The zero-order valence-electron chi connectivity index (χ0n) is 11.3. The normalized spacial score (nSPS) is 14.8. The number of hydrogen-bond donors (Lipinski definition) is 0. The Hall–Kier alpha value is 0.110. The van der Waals surface area contributed by atoms with Crippen molar-refractivity contribution in [1.29, 1.82) is 0 Å². The van der Waals surface area contributed by atoms with Crippen LogP contribution in [0.5, 0.6) is 0 Å². The average Bonchev–Trinajstić information content (AvgIpc) is 2.76. The minimum atomic E-state index is 0.492. The quantitative estimate of drug-likeness (QED) is 0.588. The van der Waals surface area contributed by atoms with Gasteiger partial charge in [-0.2, -0.15) is 0 Å². The van der Waals surface area contributed by atoms with Gasteiger partial charge >= 0.3 is 0 Å². The summed E-state index contributed by atoms with van der Waals surface area (Å²) in [6, 6.07) is 0. The summed E-state index contributed by atoms with van der Waals surface area (Å²) in [6.07, 6.45) is 7.76. The van der Waals surface area contributed by atoms with Crippen LogP contribution in [0.1, 0.15) is 56.5 Å². The maximum Gasteiger partial charge on any atom is 0.0797 e. The molecule has 0 amide bonds. The third-order valence-corrected chi connectivity index (χ3v) is 6.01. The standard InChI is InChI=1S/C14H24BrNS/c1-4-6-8-14(5-2,10-15)9-7-13-12(3)16-11-17-13/h11H,4-10H2,1-3H3. The summed E-state index contributed by atoms with van der Waals surface area (Å²) >= 11 is 5.54. The maximum atomic E-state index is 4.34. The number of alkyl halides is 1. The summed E-state index contributed by atoms with van der Waals surface area (Å²) in [7, 11) is 0. The Morgan fingerprint density at radius 1 is 1.35 bits per heavy atom. The third-order valence-electron chi connectivity index (χ3n) is 3.82. The molecule has 0 saturated heterocycles. The average molecular weight is 318 g/mol. The molecule has 3 heteroatoms. The summed E-state index contributed by atoms with van der Waals surface area (Å²) in [6.45, 7) is 6.73. The molecule has 0 N–H and O–H groups in total. The van der Waals surface area contributed by atoms with Crippen molar-refractivity contribution < 1.29 is 0 Å². The highest BCUT2D eigenvalue weighted by molar-refractivity contribution is 9.09. The highest BCUT2D eigenvalue weighted by atomic mass is 79.9. The van der Waals surface area contributed by atoms with Crippen molar-refractivity contribution in [3.05, 3.63) is 16.1 Å². The van der Waals surface area contributed by atoms with Crippen LogP contribution in [0.3, 0.4) is 0 Å². The first-order valence-electron chi connectivity index (χ1n) is 6.62. The van der Waals surface area contributed by atoms with Crippen molar-refractivity contribution in [2.24, 2.45) is 5.41 Å². The van der Waals surface area contributed by atoms with Crippen LogP contribution < -0.4 is 0 Å². The van der Waals surface area contributed by atoms with E-state index in [-0.39, 0.29) is 0 Å². The summed E-state index contributed by atoms with van der Waals surface area (Å²) in [5, 5.41) is 1.13. The minimum Gasteiger partial charge on any atom is -0.250 e. The fourth-order valence-corrected chi connectivity index (χ4v) is 3.94. The number of hydrogen-bond acceptors (Lipinski definition) is 2. The summed E-state index contributed by atoms with van der Waals surface area (Å²) in [5.41, 5.74) is 3.69. The molecule has 0 aliphatic carbocycles. The molecule has 98 valence electrons. The molecule has 0 spiro atoms.